The Bertz CT molecular complexity index is 526. The van der Waals surface area contributed by atoms with Gasteiger partial charge in [0, 0.05) is 0 Å². The standard InChI is InChI=1S/C15H21NO7/c17-7-11-12(18)13(19)15(22,23-11)8-16-10(14(20)21)6-9-4-2-1-3-5-9/h1-5,10-13,16-19,22H,6-8H2,(H,20,21)/t10-,11+,12+,13-,15?/m0/s1. The molecule has 0 bridgehead atoms. The number of aliphatic hydroxyl groups is 4. The number of carboxylic acids is 1. The molecule has 128 valence electrons. The summed E-state index contributed by atoms with van der Waals surface area (Å²) in [6.45, 7) is -0.988. The number of aliphatic hydroxyl groups excluding tert-OH is 3. The van der Waals surface area contributed by atoms with Gasteiger partial charge in [-0.1, -0.05) is 30.3 Å². The Morgan fingerprint density at radius 3 is 2.48 bits per heavy atom. The molecule has 6 N–H and O–H groups in total. The molecule has 23 heavy (non-hydrogen) atoms. The van der Waals surface area contributed by atoms with Crippen LogP contribution in [0.2, 0.25) is 0 Å². The first kappa shape index (κ1) is 17.8. The van der Waals surface area contributed by atoms with E-state index in [4.69, 9.17) is 9.84 Å². The van der Waals surface area contributed by atoms with E-state index in [-0.39, 0.29) is 6.42 Å². The van der Waals surface area contributed by atoms with Crippen LogP contribution in [0.3, 0.4) is 0 Å². The van der Waals surface area contributed by atoms with Gasteiger partial charge < -0.3 is 30.3 Å². The maximum absolute atomic E-state index is 11.3. The van der Waals surface area contributed by atoms with Crippen molar-refractivity contribution in [1.82, 2.24) is 5.32 Å². The van der Waals surface area contributed by atoms with Gasteiger partial charge in [-0.2, -0.15) is 0 Å². The topological polar surface area (TPSA) is 139 Å². The minimum Gasteiger partial charge on any atom is -0.480 e. The van der Waals surface area contributed by atoms with E-state index in [9.17, 15) is 25.2 Å². The monoisotopic (exact) mass is 327 g/mol. The van der Waals surface area contributed by atoms with Crippen LogP contribution in [-0.2, 0) is 16.0 Å². The van der Waals surface area contributed by atoms with Gasteiger partial charge in [0.15, 0.2) is 0 Å². The number of rotatable bonds is 7. The molecule has 5 atom stereocenters. The predicted molar refractivity (Wildman–Crippen MR) is 78.5 cm³/mol. The highest BCUT2D eigenvalue weighted by molar-refractivity contribution is 5.73. The molecule has 0 amide bonds. The van der Waals surface area contributed by atoms with Crippen LogP contribution in [0.25, 0.3) is 0 Å². The van der Waals surface area contributed by atoms with E-state index < -0.39 is 49.3 Å². The van der Waals surface area contributed by atoms with Crippen molar-refractivity contribution >= 4 is 5.97 Å². The first-order valence-electron chi connectivity index (χ1n) is 7.24. The zero-order chi connectivity index (χ0) is 17.0. The fourth-order valence-electron chi connectivity index (χ4n) is 2.53. The van der Waals surface area contributed by atoms with Crippen LogP contribution in [0.5, 0.6) is 0 Å². The second-order valence-corrected chi connectivity index (χ2v) is 5.58. The van der Waals surface area contributed by atoms with Crippen molar-refractivity contribution in [1.29, 1.82) is 0 Å². The van der Waals surface area contributed by atoms with Crippen LogP contribution in [-0.4, -0.2) is 74.8 Å². The normalized spacial score (nSPS) is 31.9. The summed E-state index contributed by atoms with van der Waals surface area (Å²) in [5.41, 5.74) is 0.792. The average molecular weight is 327 g/mol. The van der Waals surface area contributed by atoms with Crippen LogP contribution in [0.4, 0.5) is 0 Å². The van der Waals surface area contributed by atoms with Crippen molar-refractivity contribution < 1.29 is 35.1 Å². The lowest BCUT2D eigenvalue weighted by Crippen LogP contribution is -2.54. The summed E-state index contributed by atoms with van der Waals surface area (Å²) in [6, 6.07) is 7.93. The number of hydrogen-bond donors (Lipinski definition) is 6. The molecule has 1 aliphatic heterocycles. The van der Waals surface area contributed by atoms with E-state index in [2.05, 4.69) is 5.32 Å². The number of ether oxygens (including phenoxy) is 1. The lowest BCUT2D eigenvalue weighted by molar-refractivity contribution is -0.227. The summed E-state index contributed by atoms with van der Waals surface area (Å²) in [5, 5.41) is 50.6. The largest absolute Gasteiger partial charge is 0.480 e. The van der Waals surface area contributed by atoms with Gasteiger partial charge in [-0.25, -0.2) is 0 Å². The Kier molecular flexibility index (Phi) is 5.69. The van der Waals surface area contributed by atoms with Crippen LogP contribution < -0.4 is 5.32 Å². The summed E-state index contributed by atoms with van der Waals surface area (Å²) in [6.07, 6.45) is -4.06. The molecule has 1 fully saturated rings. The lowest BCUT2D eigenvalue weighted by atomic mass is 10.0. The molecule has 1 aromatic rings. The van der Waals surface area contributed by atoms with Gasteiger partial charge in [0.2, 0.25) is 5.79 Å². The summed E-state index contributed by atoms with van der Waals surface area (Å²) >= 11 is 0. The molecule has 1 saturated heterocycles. The van der Waals surface area contributed by atoms with Crippen LogP contribution >= 0.6 is 0 Å². The van der Waals surface area contributed by atoms with E-state index in [0.29, 0.717) is 0 Å². The average Bonchev–Trinajstić information content (AvgIpc) is 2.76. The molecule has 0 saturated carbocycles. The first-order valence-corrected chi connectivity index (χ1v) is 7.24. The van der Waals surface area contributed by atoms with E-state index in [1.165, 1.54) is 0 Å². The van der Waals surface area contributed by atoms with Gasteiger partial charge >= 0.3 is 5.97 Å². The van der Waals surface area contributed by atoms with Crippen LogP contribution in [0.1, 0.15) is 5.56 Å². The molecule has 1 aliphatic rings. The van der Waals surface area contributed by atoms with E-state index in [1.807, 2.05) is 6.07 Å². The molecule has 8 heteroatoms. The highest BCUT2D eigenvalue weighted by Crippen LogP contribution is 2.28. The van der Waals surface area contributed by atoms with Crippen molar-refractivity contribution in [2.24, 2.45) is 0 Å². The van der Waals surface area contributed by atoms with Crippen LogP contribution in [0, 0.1) is 0 Å². The SMILES string of the molecule is O=C(O)[C@H](Cc1ccccc1)NCC1(O)O[C@H](CO)[C@@H](O)[C@@H]1O. The Balaban J connectivity index is 2.00. The highest BCUT2D eigenvalue weighted by Gasteiger charge is 2.53. The fraction of sp³-hybridized carbons (Fsp3) is 0.533. The van der Waals surface area contributed by atoms with E-state index in [1.54, 1.807) is 24.3 Å². The Labute approximate surface area is 133 Å². The number of nitrogens with one attached hydrogen (secondary N) is 1. The van der Waals surface area contributed by atoms with Gasteiger partial charge in [0.1, 0.15) is 24.4 Å². The molecule has 8 nitrogen and oxygen atoms in total. The van der Waals surface area contributed by atoms with Crippen molar-refractivity contribution in [2.75, 3.05) is 13.2 Å². The second-order valence-electron chi connectivity index (χ2n) is 5.58. The maximum Gasteiger partial charge on any atom is 0.321 e. The lowest BCUT2D eigenvalue weighted by Gasteiger charge is -2.28. The molecule has 2 rings (SSSR count). The zero-order valence-electron chi connectivity index (χ0n) is 12.4. The number of carbonyl (C=O) groups is 1. The molecule has 0 spiro atoms. The number of benzene rings is 1. The molecule has 0 aromatic heterocycles. The fourth-order valence-corrected chi connectivity index (χ4v) is 2.53. The third-order valence-corrected chi connectivity index (χ3v) is 3.88. The first-order chi connectivity index (χ1) is 10.9. The molecule has 1 heterocycles. The summed E-state index contributed by atoms with van der Waals surface area (Å²) in [7, 11) is 0. The molecule has 1 unspecified atom stereocenters. The minimum absolute atomic E-state index is 0.175. The van der Waals surface area contributed by atoms with Crippen molar-refractivity contribution in [3.63, 3.8) is 0 Å². The molecule has 1 aromatic carbocycles. The third-order valence-electron chi connectivity index (χ3n) is 3.88. The van der Waals surface area contributed by atoms with E-state index in [0.717, 1.165) is 5.56 Å². The van der Waals surface area contributed by atoms with E-state index >= 15 is 0 Å². The highest BCUT2D eigenvalue weighted by atomic mass is 16.7. The Hall–Kier alpha value is -1.55. The molecule has 0 aliphatic carbocycles. The predicted octanol–water partition coefficient (Wildman–Crippen LogP) is -1.93. The van der Waals surface area contributed by atoms with Gasteiger partial charge in [0.25, 0.3) is 0 Å². The maximum atomic E-state index is 11.3. The Morgan fingerprint density at radius 2 is 1.96 bits per heavy atom. The number of aliphatic carboxylic acids is 1. The van der Waals surface area contributed by atoms with Gasteiger partial charge in [-0.15, -0.1) is 0 Å². The van der Waals surface area contributed by atoms with Gasteiger partial charge in [-0.05, 0) is 12.0 Å². The third kappa shape index (κ3) is 4.05. The summed E-state index contributed by atoms with van der Waals surface area (Å²) < 4.78 is 5.05. The number of hydrogen-bond acceptors (Lipinski definition) is 7. The molecule has 0 radical (unpaired) electrons. The van der Waals surface area contributed by atoms with Gasteiger partial charge in [0.05, 0.1) is 13.2 Å². The summed E-state index contributed by atoms with van der Waals surface area (Å²) in [4.78, 5) is 11.3. The smallest absolute Gasteiger partial charge is 0.321 e. The number of carboxylic acid groups (broad SMARTS) is 1. The van der Waals surface area contributed by atoms with Gasteiger partial charge in [-0.3, -0.25) is 10.1 Å². The van der Waals surface area contributed by atoms with Crippen LogP contribution in [0.15, 0.2) is 30.3 Å². The quantitative estimate of drug-likeness (QED) is 0.340. The minimum atomic E-state index is -2.17. The zero-order valence-corrected chi connectivity index (χ0v) is 12.4. The molecular formula is C15H21NO7. The molecular weight excluding hydrogens is 306 g/mol. The van der Waals surface area contributed by atoms with Crippen molar-refractivity contribution in [2.45, 2.75) is 36.6 Å². The van der Waals surface area contributed by atoms with Crippen molar-refractivity contribution in [3.8, 4) is 0 Å². The summed E-state index contributed by atoms with van der Waals surface area (Å²) in [5.74, 6) is -3.29. The Morgan fingerprint density at radius 1 is 1.30 bits per heavy atom. The van der Waals surface area contributed by atoms with Crippen molar-refractivity contribution in [3.05, 3.63) is 35.9 Å². The second kappa shape index (κ2) is 7.35.